The maximum Gasteiger partial charge on any atom is 0.270 e. The van der Waals surface area contributed by atoms with E-state index in [1.807, 2.05) is 0 Å². The molecule has 1 amide bonds. The van der Waals surface area contributed by atoms with Crippen molar-refractivity contribution >= 4 is 11.7 Å². The van der Waals surface area contributed by atoms with Crippen molar-refractivity contribution in [3.63, 3.8) is 0 Å². The average Bonchev–Trinajstić information content (AvgIpc) is 3.10. The average molecular weight is 274 g/mol. The lowest BCUT2D eigenvalue weighted by Gasteiger charge is -2.28. The lowest BCUT2D eigenvalue weighted by Crippen LogP contribution is -2.40. The van der Waals surface area contributed by atoms with Gasteiger partial charge in [-0.1, -0.05) is 12.5 Å². The Labute approximate surface area is 119 Å². The van der Waals surface area contributed by atoms with Crippen LogP contribution in [0.4, 0.5) is 5.82 Å². The quantitative estimate of drug-likeness (QED) is 0.579. The molecule has 2 bridgehead atoms. The number of aromatic nitrogens is 1. The first-order valence-electron chi connectivity index (χ1n) is 7.42. The van der Waals surface area contributed by atoms with E-state index in [2.05, 4.69) is 22.7 Å². The third-order valence-corrected chi connectivity index (χ3v) is 4.92. The Hall–Kier alpha value is -1.62. The van der Waals surface area contributed by atoms with Crippen LogP contribution in [0.25, 0.3) is 0 Å². The summed E-state index contributed by atoms with van der Waals surface area (Å²) in [6.45, 7) is 2.12. The lowest BCUT2D eigenvalue weighted by molar-refractivity contribution is 0.0910. The third kappa shape index (κ3) is 2.50. The van der Waals surface area contributed by atoms with Gasteiger partial charge < -0.3 is 10.7 Å². The number of nitrogens with one attached hydrogen (secondary N) is 2. The van der Waals surface area contributed by atoms with E-state index in [1.54, 1.807) is 18.2 Å². The molecule has 2 aliphatic carbocycles. The van der Waals surface area contributed by atoms with Crippen molar-refractivity contribution in [3.8, 4) is 0 Å². The molecule has 0 radical (unpaired) electrons. The second kappa shape index (κ2) is 5.40. The van der Waals surface area contributed by atoms with Crippen LogP contribution in [0.1, 0.15) is 43.1 Å². The topological polar surface area (TPSA) is 80.0 Å². The number of hydrogen-bond donors (Lipinski definition) is 3. The fourth-order valence-corrected chi connectivity index (χ4v) is 3.94. The SMILES string of the molecule is CC(NC(=O)c1cccc(NN)n1)C1CC2CCC1C2. The molecule has 20 heavy (non-hydrogen) atoms. The van der Waals surface area contributed by atoms with Crippen LogP contribution in [0.5, 0.6) is 0 Å². The number of anilines is 1. The van der Waals surface area contributed by atoms with Gasteiger partial charge in [-0.3, -0.25) is 4.79 Å². The fourth-order valence-electron chi connectivity index (χ4n) is 3.94. The largest absolute Gasteiger partial charge is 0.348 e. The van der Waals surface area contributed by atoms with Crippen molar-refractivity contribution in [1.29, 1.82) is 0 Å². The first-order chi connectivity index (χ1) is 9.67. The molecule has 2 aliphatic rings. The van der Waals surface area contributed by atoms with E-state index in [-0.39, 0.29) is 11.9 Å². The summed E-state index contributed by atoms with van der Waals surface area (Å²) in [6.07, 6.45) is 5.34. The van der Waals surface area contributed by atoms with Crippen LogP contribution in [0.2, 0.25) is 0 Å². The molecule has 2 saturated carbocycles. The zero-order chi connectivity index (χ0) is 14.1. The summed E-state index contributed by atoms with van der Waals surface area (Å²) in [5.41, 5.74) is 2.87. The van der Waals surface area contributed by atoms with E-state index in [4.69, 9.17) is 5.84 Å². The highest BCUT2D eigenvalue weighted by Crippen LogP contribution is 2.49. The minimum Gasteiger partial charge on any atom is -0.348 e. The third-order valence-electron chi connectivity index (χ3n) is 4.92. The van der Waals surface area contributed by atoms with Gasteiger partial charge >= 0.3 is 0 Å². The Kier molecular flexibility index (Phi) is 3.61. The zero-order valence-electron chi connectivity index (χ0n) is 11.8. The molecule has 3 rings (SSSR count). The van der Waals surface area contributed by atoms with Gasteiger partial charge in [0.25, 0.3) is 5.91 Å². The van der Waals surface area contributed by atoms with E-state index < -0.39 is 0 Å². The molecule has 5 heteroatoms. The summed E-state index contributed by atoms with van der Waals surface area (Å²) in [7, 11) is 0. The van der Waals surface area contributed by atoms with Gasteiger partial charge in [-0.25, -0.2) is 10.8 Å². The summed E-state index contributed by atoms with van der Waals surface area (Å²) in [6, 6.07) is 5.44. The number of rotatable bonds is 4. The number of nitrogen functional groups attached to an aromatic ring is 1. The number of amides is 1. The van der Waals surface area contributed by atoms with Crippen LogP contribution >= 0.6 is 0 Å². The Bertz CT molecular complexity index is 504. The van der Waals surface area contributed by atoms with Gasteiger partial charge in [0.1, 0.15) is 11.5 Å². The normalized spacial score (nSPS) is 29.2. The first-order valence-corrected chi connectivity index (χ1v) is 7.42. The molecule has 4 unspecified atom stereocenters. The van der Waals surface area contributed by atoms with Gasteiger partial charge in [0, 0.05) is 6.04 Å². The second-order valence-corrected chi connectivity index (χ2v) is 6.15. The van der Waals surface area contributed by atoms with Crippen LogP contribution in [0.15, 0.2) is 18.2 Å². The highest BCUT2D eigenvalue weighted by molar-refractivity contribution is 5.92. The molecular formula is C15H22N4O. The van der Waals surface area contributed by atoms with Crippen molar-refractivity contribution < 1.29 is 4.79 Å². The molecule has 5 nitrogen and oxygen atoms in total. The number of hydrogen-bond acceptors (Lipinski definition) is 4. The van der Waals surface area contributed by atoms with Gasteiger partial charge in [-0.15, -0.1) is 0 Å². The van der Waals surface area contributed by atoms with Gasteiger partial charge in [0.05, 0.1) is 0 Å². The van der Waals surface area contributed by atoms with Crippen LogP contribution in [-0.4, -0.2) is 16.9 Å². The van der Waals surface area contributed by atoms with Gasteiger partial charge in [-0.05, 0) is 56.1 Å². The number of carbonyl (C=O) groups is 1. The molecule has 0 aliphatic heterocycles. The summed E-state index contributed by atoms with van der Waals surface area (Å²) in [4.78, 5) is 16.4. The molecular weight excluding hydrogens is 252 g/mol. The molecule has 0 aromatic carbocycles. The molecule has 1 aromatic heterocycles. The van der Waals surface area contributed by atoms with Gasteiger partial charge in [0.15, 0.2) is 0 Å². The molecule has 1 aromatic rings. The molecule has 4 N–H and O–H groups in total. The highest BCUT2D eigenvalue weighted by Gasteiger charge is 2.42. The number of carbonyl (C=O) groups excluding carboxylic acids is 1. The molecule has 0 saturated heterocycles. The van der Waals surface area contributed by atoms with Crippen molar-refractivity contribution in [2.75, 3.05) is 5.43 Å². The molecule has 2 fully saturated rings. The van der Waals surface area contributed by atoms with E-state index >= 15 is 0 Å². The summed E-state index contributed by atoms with van der Waals surface area (Å²) < 4.78 is 0. The smallest absolute Gasteiger partial charge is 0.270 e. The van der Waals surface area contributed by atoms with Crippen LogP contribution in [0.3, 0.4) is 0 Å². The van der Waals surface area contributed by atoms with Gasteiger partial charge in [-0.2, -0.15) is 0 Å². The zero-order valence-corrected chi connectivity index (χ0v) is 11.8. The summed E-state index contributed by atoms with van der Waals surface area (Å²) in [5, 5.41) is 3.10. The summed E-state index contributed by atoms with van der Waals surface area (Å²) >= 11 is 0. The minimum absolute atomic E-state index is 0.114. The van der Waals surface area contributed by atoms with Crippen molar-refractivity contribution in [1.82, 2.24) is 10.3 Å². The Morgan fingerprint density at radius 1 is 1.40 bits per heavy atom. The second-order valence-electron chi connectivity index (χ2n) is 6.15. The number of hydrazine groups is 1. The molecule has 1 heterocycles. The Morgan fingerprint density at radius 2 is 2.25 bits per heavy atom. The number of nitrogens with two attached hydrogens (primary N) is 1. The highest BCUT2D eigenvalue weighted by atomic mass is 16.1. The monoisotopic (exact) mass is 274 g/mol. The molecule has 108 valence electrons. The van der Waals surface area contributed by atoms with Gasteiger partial charge in [0.2, 0.25) is 0 Å². The lowest BCUT2D eigenvalue weighted by atomic mass is 9.84. The Morgan fingerprint density at radius 3 is 2.90 bits per heavy atom. The predicted octanol–water partition coefficient (Wildman–Crippen LogP) is 1.92. The maximum atomic E-state index is 12.2. The van der Waals surface area contributed by atoms with E-state index in [0.717, 1.165) is 11.8 Å². The van der Waals surface area contributed by atoms with Crippen LogP contribution < -0.4 is 16.6 Å². The minimum atomic E-state index is -0.114. The van der Waals surface area contributed by atoms with Crippen molar-refractivity contribution in [2.45, 2.75) is 38.6 Å². The molecule has 4 atom stereocenters. The summed E-state index contributed by atoms with van der Waals surface area (Å²) in [5.74, 6) is 8.04. The van der Waals surface area contributed by atoms with Crippen LogP contribution in [0, 0.1) is 17.8 Å². The van der Waals surface area contributed by atoms with E-state index in [9.17, 15) is 4.79 Å². The number of nitrogens with zero attached hydrogens (tertiary/aromatic N) is 1. The van der Waals surface area contributed by atoms with Crippen LogP contribution in [-0.2, 0) is 0 Å². The predicted molar refractivity (Wildman–Crippen MR) is 77.9 cm³/mol. The fraction of sp³-hybridized carbons (Fsp3) is 0.600. The Balaban J connectivity index is 1.63. The number of pyridine rings is 1. The first kappa shape index (κ1) is 13.4. The van der Waals surface area contributed by atoms with Crippen molar-refractivity contribution in [3.05, 3.63) is 23.9 Å². The maximum absolute atomic E-state index is 12.2. The molecule has 0 spiro atoms. The number of fused-ring (bicyclic) bond motifs is 2. The standard InChI is InChI=1S/C15H22N4O/c1-9(12-8-10-5-6-11(12)7-10)17-15(20)13-3-2-4-14(18-13)19-16/h2-4,9-12H,5-8,16H2,1H3,(H,17,20)(H,18,19). The van der Waals surface area contributed by atoms with Crippen molar-refractivity contribution in [2.24, 2.45) is 23.6 Å². The van der Waals surface area contributed by atoms with E-state index in [0.29, 0.717) is 17.4 Å². The van der Waals surface area contributed by atoms with E-state index in [1.165, 1.54) is 25.7 Å².